The lowest BCUT2D eigenvalue weighted by atomic mass is 10.1. The van der Waals surface area contributed by atoms with Crippen molar-refractivity contribution < 1.29 is 4.79 Å². The molecule has 0 aromatic heterocycles. The fourth-order valence-corrected chi connectivity index (χ4v) is 4.05. The van der Waals surface area contributed by atoms with Gasteiger partial charge in [0.05, 0.1) is 0 Å². The molecule has 2 unspecified atom stereocenters. The smallest absolute Gasteiger partial charge is 0.224 e. The van der Waals surface area contributed by atoms with Crippen LogP contribution in [0.3, 0.4) is 0 Å². The van der Waals surface area contributed by atoms with Gasteiger partial charge >= 0.3 is 0 Å². The van der Waals surface area contributed by atoms with Crippen LogP contribution in [-0.2, 0) is 4.79 Å². The maximum absolute atomic E-state index is 11.6. The van der Waals surface area contributed by atoms with Crippen molar-refractivity contribution in [3.8, 4) is 0 Å². The van der Waals surface area contributed by atoms with Crippen LogP contribution < -0.4 is 10.6 Å². The van der Waals surface area contributed by atoms with Crippen LogP contribution in [-0.4, -0.2) is 48.6 Å². The monoisotopic (exact) mass is 284 g/mol. The molecule has 1 rings (SSSR count). The van der Waals surface area contributed by atoms with Gasteiger partial charge in [-0.25, -0.2) is 0 Å². The molecule has 1 fully saturated rings. The maximum Gasteiger partial charge on any atom is 0.224 e. The highest BCUT2D eigenvalue weighted by atomic mass is 35.5. The average molecular weight is 285 g/mol. The van der Waals surface area contributed by atoms with E-state index >= 15 is 0 Å². The molecule has 0 spiro atoms. The van der Waals surface area contributed by atoms with E-state index in [-0.39, 0.29) is 24.2 Å². The Morgan fingerprint density at radius 1 is 1.50 bits per heavy atom. The van der Waals surface area contributed by atoms with Crippen molar-refractivity contribution in [2.75, 3.05) is 37.4 Å². The predicted octanol–water partition coefficient (Wildman–Crippen LogP) is 1.23. The van der Waals surface area contributed by atoms with Gasteiger partial charge in [-0.1, -0.05) is 6.92 Å². The zero-order valence-corrected chi connectivity index (χ0v) is 12.3. The molecule has 1 amide bonds. The number of amides is 1. The molecular weight excluding hydrogens is 264 g/mol. The van der Waals surface area contributed by atoms with Crippen molar-refractivity contribution >= 4 is 41.8 Å². The number of thioether (sulfide) groups is 2. The third kappa shape index (κ3) is 6.23. The molecule has 0 aliphatic carbocycles. The third-order valence-corrected chi connectivity index (χ3v) is 5.19. The highest BCUT2D eigenvalue weighted by molar-refractivity contribution is 8.06. The molecule has 0 saturated carbocycles. The lowest BCUT2D eigenvalue weighted by Gasteiger charge is -2.22. The van der Waals surface area contributed by atoms with E-state index in [0.29, 0.717) is 5.25 Å². The second-order valence-electron chi connectivity index (χ2n) is 3.77. The fourth-order valence-electron chi connectivity index (χ4n) is 1.44. The zero-order valence-electron chi connectivity index (χ0n) is 9.82. The highest BCUT2D eigenvalue weighted by Gasteiger charge is 2.17. The molecule has 16 heavy (non-hydrogen) atoms. The molecule has 2 N–H and O–H groups in total. The van der Waals surface area contributed by atoms with Crippen molar-refractivity contribution in [1.29, 1.82) is 0 Å². The second-order valence-corrected chi connectivity index (χ2v) is 6.33. The predicted molar refractivity (Wildman–Crippen MR) is 76.9 cm³/mol. The van der Waals surface area contributed by atoms with Gasteiger partial charge in [0.15, 0.2) is 0 Å². The van der Waals surface area contributed by atoms with Crippen LogP contribution in [0.1, 0.15) is 6.92 Å². The van der Waals surface area contributed by atoms with Gasteiger partial charge < -0.3 is 10.6 Å². The molecular formula is C10H21ClN2OS2. The fraction of sp³-hybridized carbons (Fsp3) is 0.900. The van der Waals surface area contributed by atoms with Gasteiger partial charge in [0.1, 0.15) is 0 Å². The van der Waals surface area contributed by atoms with Crippen LogP contribution in [0.15, 0.2) is 0 Å². The first-order chi connectivity index (χ1) is 7.24. The highest BCUT2D eigenvalue weighted by Crippen LogP contribution is 2.23. The van der Waals surface area contributed by atoms with E-state index in [1.54, 1.807) is 0 Å². The second kappa shape index (κ2) is 9.45. The number of carbonyl (C=O) groups excluding carboxylic acids is 1. The molecule has 96 valence electrons. The molecule has 0 radical (unpaired) electrons. The Morgan fingerprint density at radius 3 is 2.81 bits per heavy atom. The number of hydrogen-bond acceptors (Lipinski definition) is 4. The van der Waals surface area contributed by atoms with Crippen LogP contribution in [0.4, 0.5) is 0 Å². The Hall–Kier alpha value is 0.420. The van der Waals surface area contributed by atoms with E-state index in [0.717, 1.165) is 13.1 Å². The summed E-state index contributed by atoms with van der Waals surface area (Å²) in [5.74, 6) is 3.88. The average Bonchev–Trinajstić information content (AvgIpc) is 2.27. The summed E-state index contributed by atoms with van der Waals surface area (Å²) in [5.41, 5.74) is 0. The number of carbonyl (C=O) groups is 1. The van der Waals surface area contributed by atoms with Gasteiger partial charge in [0.25, 0.3) is 0 Å². The summed E-state index contributed by atoms with van der Waals surface area (Å²) in [5, 5.41) is 6.65. The summed E-state index contributed by atoms with van der Waals surface area (Å²) in [6.07, 6.45) is 0. The Kier molecular flexibility index (Phi) is 9.70. The van der Waals surface area contributed by atoms with E-state index in [9.17, 15) is 4.79 Å². The van der Waals surface area contributed by atoms with Crippen molar-refractivity contribution in [3.63, 3.8) is 0 Å². The first-order valence-electron chi connectivity index (χ1n) is 5.35. The van der Waals surface area contributed by atoms with E-state index in [4.69, 9.17) is 0 Å². The Labute approximate surface area is 113 Å². The van der Waals surface area contributed by atoms with Gasteiger partial charge in [-0.2, -0.15) is 23.5 Å². The first kappa shape index (κ1) is 16.4. The van der Waals surface area contributed by atoms with Crippen molar-refractivity contribution in [3.05, 3.63) is 0 Å². The van der Waals surface area contributed by atoms with Gasteiger partial charge in [-0.3, -0.25) is 4.79 Å². The standard InChI is InChI=1S/C10H20N2OS2.ClH/c1-8(5-11-2)10(13)12-6-9-7-14-3-4-15-9;/h8-9,11H,3-7H2,1-2H3,(H,12,13);1H. The van der Waals surface area contributed by atoms with Crippen molar-refractivity contribution in [2.24, 2.45) is 5.92 Å². The van der Waals surface area contributed by atoms with Crippen LogP contribution in [0.25, 0.3) is 0 Å². The van der Waals surface area contributed by atoms with Gasteiger partial charge in [0.2, 0.25) is 5.91 Å². The van der Waals surface area contributed by atoms with Crippen molar-refractivity contribution in [2.45, 2.75) is 12.2 Å². The van der Waals surface area contributed by atoms with Crippen LogP contribution in [0.5, 0.6) is 0 Å². The molecule has 2 atom stereocenters. The Morgan fingerprint density at radius 2 is 2.25 bits per heavy atom. The third-order valence-electron chi connectivity index (χ3n) is 2.35. The molecule has 1 aliphatic rings. The van der Waals surface area contributed by atoms with E-state index in [2.05, 4.69) is 10.6 Å². The van der Waals surface area contributed by atoms with E-state index in [1.165, 1.54) is 17.3 Å². The topological polar surface area (TPSA) is 41.1 Å². The summed E-state index contributed by atoms with van der Waals surface area (Å²) in [7, 11) is 1.87. The SMILES string of the molecule is CNCC(C)C(=O)NCC1CSCCS1.Cl. The molecule has 0 aromatic rings. The quantitative estimate of drug-likeness (QED) is 0.797. The number of halogens is 1. The van der Waals surface area contributed by atoms with Crippen LogP contribution in [0, 0.1) is 5.92 Å². The van der Waals surface area contributed by atoms with E-state index < -0.39 is 0 Å². The molecule has 1 heterocycles. The number of rotatable bonds is 5. The largest absolute Gasteiger partial charge is 0.355 e. The summed E-state index contributed by atoms with van der Waals surface area (Å²) < 4.78 is 0. The van der Waals surface area contributed by atoms with Crippen molar-refractivity contribution in [1.82, 2.24) is 10.6 Å². The molecule has 1 aliphatic heterocycles. The number of hydrogen-bond donors (Lipinski definition) is 2. The molecule has 0 bridgehead atoms. The summed E-state index contributed by atoms with van der Waals surface area (Å²) in [6, 6.07) is 0. The van der Waals surface area contributed by atoms with Gasteiger partial charge in [-0.15, -0.1) is 12.4 Å². The normalized spacial score (nSPS) is 22.0. The zero-order chi connectivity index (χ0) is 11.1. The van der Waals surface area contributed by atoms with E-state index in [1.807, 2.05) is 37.5 Å². The number of nitrogens with one attached hydrogen (secondary N) is 2. The minimum atomic E-state index is 0. The molecule has 6 heteroatoms. The van der Waals surface area contributed by atoms with Crippen LogP contribution in [0.2, 0.25) is 0 Å². The first-order valence-corrected chi connectivity index (χ1v) is 7.56. The lowest BCUT2D eigenvalue weighted by Crippen LogP contribution is -2.39. The minimum Gasteiger partial charge on any atom is -0.355 e. The summed E-state index contributed by atoms with van der Waals surface area (Å²) >= 11 is 3.97. The molecule has 3 nitrogen and oxygen atoms in total. The molecule has 0 aromatic carbocycles. The molecule has 1 saturated heterocycles. The van der Waals surface area contributed by atoms with Gasteiger partial charge in [-0.05, 0) is 7.05 Å². The van der Waals surface area contributed by atoms with Gasteiger partial charge in [0, 0.05) is 41.5 Å². The summed E-state index contributed by atoms with van der Waals surface area (Å²) in [6.45, 7) is 3.53. The minimum absolute atomic E-state index is 0. The Bertz CT molecular complexity index is 201. The van der Waals surface area contributed by atoms with Crippen LogP contribution >= 0.6 is 35.9 Å². The Balaban J connectivity index is 0.00000225. The maximum atomic E-state index is 11.6. The lowest BCUT2D eigenvalue weighted by molar-refractivity contribution is -0.124. The summed E-state index contributed by atoms with van der Waals surface area (Å²) in [4.78, 5) is 11.6.